The van der Waals surface area contributed by atoms with E-state index in [9.17, 15) is 15.3 Å². The van der Waals surface area contributed by atoms with E-state index in [0.717, 1.165) is 12.8 Å². The number of hydrogen-bond acceptors (Lipinski definition) is 3. The summed E-state index contributed by atoms with van der Waals surface area (Å²) in [5, 5.41) is 31.2. The second-order valence-electron chi connectivity index (χ2n) is 6.25. The highest BCUT2D eigenvalue weighted by Gasteiger charge is 2.54. The zero-order valence-electron chi connectivity index (χ0n) is 11.7. The third-order valence-electron chi connectivity index (χ3n) is 4.98. The Labute approximate surface area is 115 Å². The molecule has 1 aliphatic carbocycles. The van der Waals surface area contributed by atoms with Crippen LogP contribution in [0, 0.1) is 5.92 Å². The first-order chi connectivity index (χ1) is 8.96. The third kappa shape index (κ3) is 2.38. The Balaban J connectivity index is 2.35. The van der Waals surface area contributed by atoms with Crippen LogP contribution in [0.4, 0.5) is 0 Å². The number of benzene rings is 1. The standard InChI is InChI=1S/C15H24O3Si/c1-19(2,13-6-4-3-5-7-13)14-9-8-12(10-16)15(14,18)11-17/h3-7,12,14,16-18H,8-11H2,1-2H3. The van der Waals surface area contributed by atoms with Crippen LogP contribution in [-0.4, -0.2) is 42.2 Å². The topological polar surface area (TPSA) is 60.7 Å². The summed E-state index contributed by atoms with van der Waals surface area (Å²) in [6, 6.07) is 10.3. The lowest BCUT2D eigenvalue weighted by Gasteiger charge is -2.41. The van der Waals surface area contributed by atoms with Crippen molar-refractivity contribution in [2.24, 2.45) is 5.92 Å². The minimum Gasteiger partial charge on any atom is -0.396 e. The molecule has 106 valence electrons. The van der Waals surface area contributed by atoms with E-state index in [0.29, 0.717) is 0 Å². The average Bonchev–Trinajstić information content (AvgIpc) is 2.78. The van der Waals surface area contributed by atoms with Gasteiger partial charge in [-0.05, 0) is 18.4 Å². The Bertz CT molecular complexity index is 421. The lowest BCUT2D eigenvalue weighted by atomic mass is 9.92. The predicted molar refractivity (Wildman–Crippen MR) is 79.2 cm³/mol. The first kappa shape index (κ1) is 14.7. The Morgan fingerprint density at radius 2 is 1.79 bits per heavy atom. The Kier molecular flexibility index (Phi) is 4.16. The van der Waals surface area contributed by atoms with Crippen molar-refractivity contribution in [2.75, 3.05) is 13.2 Å². The molecular weight excluding hydrogens is 256 g/mol. The van der Waals surface area contributed by atoms with Crippen molar-refractivity contribution in [3.05, 3.63) is 30.3 Å². The molecule has 0 aliphatic heterocycles. The third-order valence-corrected chi connectivity index (χ3v) is 9.33. The van der Waals surface area contributed by atoms with Crippen molar-refractivity contribution in [3.63, 3.8) is 0 Å². The number of hydrogen-bond donors (Lipinski definition) is 3. The van der Waals surface area contributed by atoms with Gasteiger partial charge in [0.2, 0.25) is 0 Å². The van der Waals surface area contributed by atoms with Crippen LogP contribution in [0.5, 0.6) is 0 Å². The monoisotopic (exact) mass is 280 g/mol. The molecule has 0 bridgehead atoms. The highest BCUT2D eigenvalue weighted by Crippen LogP contribution is 2.49. The average molecular weight is 280 g/mol. The van der Waals surface area contributed by atoms with Crippen molar-refractivity contribution in [2.45, 2.75) is 37.1 Å². The van der Waals surface area contributed by atoms with Gasteiger partial charge in [-0.2, -0.15) is 0 Å². The molecule has 4 heteroatoms. The summed E-state index contributed by atoms with van der Waals surface area (Å²) < 4.78 is 0. The highest BCUT2D eigenvalue weighted by atomic mass is 28.3. The van der Waals surface area contributed by atoms with Crippen LogP contribution in [0.25, 0.3) is 0 Å². The number of aliphatic hydroxyl groups excluding tert-OH is 2. The molecule has 3 nitrogen and oxygen atoms in total. The molecule has 0 radical (unpaired) electrons. The van der Waals surface area contributed by atoms with Gasteiger partial charge in [0, 0.05) is 12.5 Å². The lowest BCUT2D eigenvalue weighted by Crippen LogP contribution is -2.56. The number of aliphatic hydroxyl groups is 3. The van der Waals surface area contributed by atoms with Crippen LogP contribution in [0.3, 0.4) is 0 Å². The van der Waals surface area contributed by atoms with Gasteiger partial charge in [0.05, 0.1) is 20.3 Å². The molecule has 1 fully saturated rings. The van der Waals surface area contributed by atoms with Crippen LogP contribution in [0.1, 0.15) is 12.8 Å². The van der Waals surface area contributed by atoms with E-state index in [-0.39, 0.29) is 24.7 Å². The first-order valence-corrected chi connectivity index (χ1v) is 10.0. The smallest absolute Gasteiger partial charge is 0.0934 e. The molecule has 3 N–H and O–H groups in total. The molecule has 19 heavy (non-hydrogen) atoms. The molecule has 3 unspecified atom stereocenters. The molecule has 0 heterocycles. The summed E-state index contributed by atoms with van der Waals surface area (Å²) >= 11 is 0. The molecule has 1 aliphatic rings. The minimum absolute atomic E-state index is 0.0488. The zero-order chi connectivity index (χ0) is 14.1. The quantitative estimate of drug-likeness (QED) is 0.724. The molecule has 0 spiro atoms. The predicted octanol–water partition coefficient (Wildman–Crippen LogP) is 1.10. The van der Waals surface area contributed by atoms with Crippen molar-refractivity contribution in [1.82, 2.24) is 0 Å². The number of rotatable bonds is 4. The summed E-state index contributed by atoms with van der Waals surface area (Å²) in [5.74, 6) is -0.196. The van der Waals surface area contributed by atoms with Crippen LogP contribution in [0.15, 0.2) is 30.3 Å². The molecule has 2 rings (SSSR count). The van der Waals surface area contributed by atoms with Gasteiger partial charge in [-0.15, -0.1) is 0 Å². The Morgan fingerprint density at radius 3 is 2.32 bits per heavy atom. The Morgan fingerprint density at radius 1 is 1.16 bits per heavy atom. The first-order valence-electron chi connectivity index (χ1n) is 6.96. The fourth-order valence-electron chi connectivity index (χ4n) is 3.70. The van der Waals surface area contributed by atoms with Crippen LogP contribution < -0.4 is 5.19 Å². The molecule has 3 atom stereocenters. The second kappa shape index (κ2) is 5.36. The second-order valence-corrected chi connectivity index (χ2v) is 11.0. The van der Waals surface area contributed by atoms with E-state index in [4.69, 9.17) is 0 Å². The molecule has 0 aromatic heterocycles. The zero-order valence-corrected chi connectivity index (χ0v) is 12.7. The highest BCUT2D eigenvalue weighted by molar-refractivity contribution is 6.91. The van der Waals surface area contributed by atoms with Crippen LogP contribution >= 0.6 is 0 Å². The van der Waals surface area contributed by atoms with Crippen molar-refractivity contribution in [3.8, 4) is 0 Å². The van der Waals surface area contributed by atoms with Gasteiger partial charge in [-0.3, -0.25) is 0 Å². The van der Waals surface area contributed by atoms with Gasteiger partial charge >= 0.3 is 0 Å². The van der Waals surface area contributed by atoms with E-state index in [1.165, 1.54) is 5.19 Å². The molecular formula is C15H24O3Si. The van der Waals surface area contributed by atoms with E-state index >= 15 is 0 Å². The van der Waals surface area contributed by atoms with Gasteiger partial charge in [0.1, 0.15) is 0 Å². The van der Waals surface area contributed by atoms with Gasteiger partial charge in [0.15, 0.2) is 0 Å². The van der Waals surface area contributed by atoms with E-state index in [2.05, 4.69) is 25.2 Å². The maximum atomic E-state index is 10.8. The largest absolute Gasteiger partial charge is 0.396 e. The van der Waals surface area contributed by atoms with E-state index in [1.54, 1.807) is 0 Å². The van der Waals surface area contributed by atoms with Gasteiger partial charge in [-0.1, -0.05) is 48.6 Å². The van der Waals surface area contributed by atoms with Crippen molar-refractivity contribution in [1.29, 1.82) is 0 Å². The van der Waals surface area contributed by atoms with Gasteiger partial charge in [0.25, 0.3) is 0 Å². The van der Waals surface area contributed by atoms with E-state index < -0.39 is 13.7 Å². The molecule has 1 aromatic carbocycles. The fourth-order valence-corrected chi connectivity index (χ4v) is 7.61. The van der Waals surface area contributed by atoms with Crippen molar-refractivity contribution < 1.29 is 15.3 Å². The summed E-state index contributed by atoms with van der Waals surface area (Å²) in [4.78, 5) is 0. The summed E-state index contributed by atoms with van der Waals surface area (Å²) in [7, 11) is -1.88. The molecule has 1 aromatic rings. The minimum atomic E-state index is -1.88. The lowest BCUT2D eigenvalue weighted by molar-refractivity contribution is -0.0594. The fraction of sp³-hybridized carbons (Fsp3) is 0.600. The van der Waals surface area contributed by atoms with Crippen LogP contribution in [-0.2, 0) is 0 Å². The van der Waals surface area contributed by atoms with Gasteiger partial charge < -0.3 is 15.3 Å². The summed E-state index contributed by atoms with van der Waals surface area (Å²) in [5.41, 5.74) is -1.04. The maximum Gasteiger partial charge on any atom is 0.0934 e. The van der Waals surface area contributed by atoms with Crippen molar-refractivity contribution >= 4 is 13.3 Å². The molecule has 0 amide bonds. The Hall–Kier alpha value is -0.683. The summed E-state index contributed by atoms with van der Waals surface area (Å²) in [6.45, 7) is 4.18. The SMILES string of the molecule is C[Si](C)(c1ccccc1)C1CCC(CO)C1(O)CO. The molecule has 0 saturated heterocycles. The van der Waals surface area contributed by atoms with Gasteiger partial charge in [-0.25, -0.2) is 0 Å². The maximum absolute atomic E-state index is 10.8. The summed E-state index contributed by atoms with van der Waals surface area (Å²) in [6.07, 6.45) is 1.68. The normalized spacial score (nSPS) is 31.6. The van der Waals surface area contributed by atoms with Crippen LogP contribution in [0.2, 0.25) is 18.6 Å². The molecule has 1 saturated carbocycles. The van der Waals surface area contributed by atoms with E-state index in [1.807, 2.05) is 18.2 Å².